The maximum absolute atomic E-state index is 5.64. The Morgan fingerprint density at radius 2 is 2.04 bits per heavy atom. The lowest BCUT2D eigenvalue weighted by Crippen LogP contribution is -2.24. The minimum Gasteiger partial charge on any atom is -0.423 e. The molecule has 1 saturated heterocycles. The van der Waals surface area contributed by atoms with Gasteiger partial charge in [0, 0.05) is 26.1 Å². The van der Waals surface area contributed by atoms with Gasteiger partial charge in [0.2, 0.25) is 11.8 Å². The Kier molecular flexibility index (Phi) is 3.94. The molecule has 1 fully saturated rings. The van der Waals surface area contributed by atoms with Crippen LogP contribution in [0, 0.1) is 6.92 Å². The minimum absolute atomic E-state index is 0.102. The highest BCUT2D eigenvalue weighted by Crippen LogP contribution is 2.34. The molecule has 1 atom stereocenters. The number of anilines is 1. The van der Waals surface area contributed by atoms with Gasteiger partial charge in [0.1, 0.15) is 17.7 Å². The first kappa shape index (κ1) is 14.8. The maximum Gasteiger partial charge on any atom is 0.238 e. The Labute approximate surface area is 140 Å². The molecule has 0 amide bonds. The molecule has 0 spiro atoms. The second kappa shape index (κ2) is 6.39. The molecule has 1 aliphatic rings. The predicted molar refractivity (Wildman–Crippen MR) is 89.6 cm³/mol. The summed E-state index contributed by atoms with van der Waals surface area (Å²) in [7, 11) is 0. The van der Waals surface area contributed by atoms with E-state index in [1.165, 1.54) is 5.56 Å². The van der Waals surface area contributed by atoms with Crippen molar-refractivity contribution in [2.75, 3.05) is 11.4 Å². The van der Waals surface area contributed by atoms with Crippen molar-refractivity contribution in [3.05, 3.63) is 65.8 Å². The molecule has 4 rings (SSSR count). The molecule has 24 heavy (non-hydrogen) atoms. The van der Waals surface area contributed by atoms with Crippen LogP contribution in [0.1, 0.15) is 42.1 Å². The zero-order chi connectivity index (χ0) is 16.4. The van der Waals surface area contributed by atoms with Crippen LogP contribution in [0.5, 0.6) is 0 Å². The predicted octanol–water partition coefficient (Wildman–Crippen LogP) is 3.10. The van der Waals surface area contributed by atoms with Crippen LogP contribution >= 0.6 is 0 Å². The molecule has 0 N–H and O–H groups in total. The van der Waals surface area contributed by atoms with E-state index in [0.717, 1.165) is 37.4 Å². The third-order valence-electron chi connectivity index (χ3n) is 4.27. The number of aromatic nitrogens is 4. The molecule has 122 valence electrons. The third kappa shape index (κ3) is 2.99. The smallest absolute Gasteiger partial charge is 0.238 e. The molecular formula is C18H19N5O. The fraction of sp³-hybridized carbons (Fsp3) is 0.333. The van der Waals surface area contributed by atoms with E-state index in [2.05, 4.69) is 32.2 Å². The van der Waals surface area contributed by atoms with E-state index in [1.807, 2.05) is 37.4 Å². The Morgan fingerprint density at radius 1 is 1.17 bits per heavy atom. The molecular weight excluding hydrogens is 302 g/mol. The van der Waals surface area contributed by atoms with Crippen LogP contribution in [-0.2, 0) is 6.42 Å². The van der Waals surface area contributed by atoms with Crippen molar-refractivity contribution >= 4 is 5.82 Å². The van der Waals surface area contributed by atoms with E-state index < -0.39 is 0 Å². The number of aryl methyl sites for hydroxylation is 1. The average Bonchev–Trinajstić information content (AvgIpc) is 3.24. The number of benzene rings is 1. The van der Waals surface area contributed by atoms with Gasteiger partial charge in [0.15, 0.2) is 0 Å². The summed E-state index contributed by atoms with van der Waals surface area (Å²) in [6.07, 6.45) is 4.64. The molecule has 2 aromatic heterocycles. The van der Waals surface area contributed by atoms with Crippen molar-refractivity contribution in [1.82, 2.24) is 20.2 Å². The molecule has 6 nitrogen and oxygen atoms in total. The number of rotatable bonds is 4. The molecule has 6 heteroatoms. The molecule has 0 unspecified atom stereocenters. The highest BCUT2D eigenvalue weighted by Gasteiger charge is 2.31. The van der Waals surface area contributed by atoms with Gasteiger partial charge >= 0.3 is 0 Å². The summed E-state index contributed by atoms with van der Waals surface area (Å²) in [5, 5.41) is 8.15. The van der Waals surface area contributed by atoms with E-state index in [9.17, 15) is 0 Å². The summed E-state index contributed by atoms with van der Waals surface area (Å²) in [5.74, 6) is 3.03. The number of hydrogen-bond acceptors (Lipinski definition) is 6. The van der Waals surface area contributed by atoms with E-state index >= 15 is 0 Å². The van der Waals surface area contributed by atoms with Crippen molar-refractivity contribution in [2.24, 2.45) is 0 Å². The number of nitrogens with zero attached hydrogens (tertiary/aromatic N) is 5. The standard InChI is InChI=1S/C18H19N5O/c1-13-21-22-18(24-13)15-8-5-11-23(15)17-9-10-19-16(20-17)12-14-6-3-2-4-7-14/h2-4,6-7,9-10,15H,5,8,11-12H2,1H3/t15-/m1/s1. The SMILES string of the molecule is Cc1nnc([C@H]2CCCN2c2ccnc(Cc3ccccc3)n2)o1. The zero-order valence-corrected chi connectivity index (χ0v) is 13.6. The molecule has 0 bridgehead atoms. The van der Waals surface area contributed by atoms with Crippen LogP contribution < -0.4 is 4.90 Å². The van der Waals surface area contributed by atoms with Crippen molar-refractivity contribution in [3.8, 4) is 0 Å². The Hall–Kier alpha value is -2.76. The molecule has 1 aromatic carbocycles. The Balaban J connectivity index is 1.58. The van der Waals surface area contributed by atoms with Gasteiger partial charge in [0.05, 0.1) is 0 Å². The van der Waals surface area contributed by atoms with Gasteiger partial charge in [0.25, 0.3) is 0 Å². The largest absolute Gasteiger partial charge is 0.423 e. The van der Waals surface area contributed by atoms with Crippen molar-refractivity contribution in [1.29, 1.82) is 0 Å². The van der Waals surface area contributed by atoms with Crippen molar-refractivity contribution < 1.29 is 4.42 Å². The lowest BCUT2D eigenvalue weighted by atomic mass is 10.1. The second-order valence-electron chi connectivity index (χ2n) is 6.00. The van der Waals surface area contributed by atoms with Crippen molar-refractivity contribution in [3.63, 3.8) is 0 Å². The zero-order valence-electron chi connectivity index (χ0n) is 13.6. The van der Waals surface area contributed by atoms with Gasteiger partial charge < -0.3 is 9.32 Å². The van der Waals surface area contributed by atoms with Crippen molar-refractivity contribution in [2.45, 2.75) is 32.2 Å². The lowest BCUT2D eigenvalue weighted by Gasteiger charge is -2.23. The summed E-state index contributed by atoms with van der Waals surface area (Å²) in [5.41, 5.74) is 1.21. The quantitative estimate of drug-likeness (QED) is 0.735. The topological polar surface area (TPSA) is 67.9 Å². The van der Waals surface area contributed by atoms with Gasteiger partial charge in [-0.3, -0.25) is 0 Å². The van der Waals surface area contributed by atoms with Gasteiger partial charge in [-0.25, -0.2) is 9.97 Å². The lowest BCUT2D eigenvalue weighted by molar-refractivity contribution is 0.429. The maximum atomic E-state index is 5.64. The summed E-state index contributed by atoms with van der Waals surface area (Å²) in [6, 6.07) is 12.3. The summed E-state index contributed by atoms with van der Waals surface area (Å²) < 4.78 is 5.64. The van der Waals surface area contributed by atoms with Crippen LogP contribution in [0.4, 0.5) is 5.82 Å². The van der Waals surface area contributed by atoms with Crippen LogP contribution in [0.15, 0.2) is 47.0 Å². The van der Waals surface area contributed by atoms with Gasteiger partial charge in [-0.05, 0) is 24.5 Å². The fourth-order valence-corrected chi connectivity index (χ4v) is 3.16. The Bertz CT molecular complexity index is 817. The van der Waals surface area contributed by atoms with E-state index in [0.29, 0.717) is 11.8 Å². The Morgan fingerprint density at radius 3 is 2.83 bits per heavy atom. The van der Waals surface area contributed by atoms with E-state index in [-0.39, 0.29) is 6.04 Å². The number of hydrogen-bond donors (Lipinski definition) is 0. The summed E-state index contributed by atoms with van der Waals surface area (Å²) in [6.45, 7) is 2.76. The van der Waals surface area contributed by atoms with Crippen LogP contribution in [0.2, 0.25) is 0 Å². The van der Waals surface area contributed by atoms with E-state index in [4.69, 9.17) is 9.40 Å². The van der Waals surface area contributed by atoms with Gasteiger partial charge in [-0.1, -0.05) is 30.3 Å². The first-order valence-corrected chi connectivity index (χ1v) is 8.22. The normalized spacial score (nSPS) is 17.4. The molecule has 3 heterocycles. The summed E-state index contributed by atoms with van der Waals surface area (Å²) >= 11 is 0. The molecule has 0 saturated carbocycles. The van der Waals surface area contributed by atoms with Gasteiger partial charge in [-0.2, -0.15) is 0 Å². The van der Waals surface area contributed by atoms with Gasteiger partial charge in [-0.15, -0.1) is 10.2 Å². The monoisotopic (exact) mass is 321 g/mol. The summed E-state index contributed by atoms with van der Waals surface area (Å²) in [4.78, 5) is 11.4. The first-order chi connectivity index (χ1) is 11.8. The average molecular weight is 321 g/mol. The highest BCUT2D eigenvalue weighted by molar-refractivity contribution is 5.41. The second-order valence-corrected chi connectivity index (χ2v) is 6.00. The van der Waals surface area contributed by atoms with Crippen LogP contribution in [0.3, 0.4) is 0 Å². The third-order valence-corrected chi connectivity index (χ3v) is 4.27. The highest BCUT2D eigenvalue weighted by atomic mass is 16.4. The fourth-order valence-electron chi connectivity index (χ4n) is 3.16. The molecule has 0 aliphatic carbocycles. The molecule has 1 aliphatic heterocycles. The first-order valence-electron chi connectivity index (χ1n) is 8.22. The van der Waals surface area contributed by atoms with E-state index in [1.54, 1.807) is 0 Å². The molecule has 3 aromatic rings. The molecule has 0 radical (unpaired) electrons. The van der Waals surface area contributed by atoms with Crippen LogP contribution in [-0.4, -0.2) is 26.7 Å². The minimum atomic E-state index is 0.102. The van der Waals surface area contributed by atoms with Crippen LogP contribution in [0.25, 0.3) is 0 Å².